The van der Waals surface area contributed by atoms with Gasteiger partial charge < -0.3 is 10.5 Å². The van der Waals surface area contributed by atoms with E-state index >= 15 is 0 Å². The molecule has 154 valence electrons. The van der Waals surface area contributed by atoms with Gasteiger partial charge >= 0.3 is 6.18 Å². The van der Waals surface area contributed by atoms with Crippen molar-refractivity contribution >= 4 is 16.8 Å². The molecule has 4 rings (SSSR count). The Labute approximate surface area is 169 Å². The summed E-state index contributed by atoms with van der Waals surface area (Å²) in [5.41, 5.74) is 5.58. The van der Waals surface area contributed by atoms with Crippen LogP contribution in [-0.2, 0) is 11.0 Å². The number of ether oxygens (including phenoxy) is 1. The largest absolute Gasteiger partial charge is 0.493 e. The minimum Gasteiger partial charge on any atom is -0.493 e. The number of halogens is 4. The van der Waals surface area contributed by atoms with Crippen LogP contribution in [0, 0.1) is 11.7 Å². The van der Waals surface area contributed by atoms with Gasteiger partial charge in [-0.3, -0.25) is 5.01 Å². The van der Waals surface area contributed by atoms with Crippen molar-refractivity contribution in [1.29, 1.82) is 0 Å². The highest BCUT2D eigenvalue weighted by molar-refractivity contribution is 8.15. The lowest BCUT2D eigenvalue weighted by Crippen LogP contribution is -2.48. The monoisotopic (exact) mass is 425 g/mol. The molecule has 0 aromatic heterocycles. The van der Waals surface area contributed by atoms with E-state index in [4.69, 9.17) is 10.5 Å². The van der Waals surface area contributed by atoms with E-state index in [2.05, 4.69) is 5.10 Å². The summed E-state index contributed by atoms with van der Waals surface area (Å²) in [5, 5.41) is 6.37. The SMILES string of the molecule is CN1N=C(c2cc(C(F)(F)F)ccc2F)SC12c1ccccc1OCC2CCN. The zero-order valence-electron chi connectivity index (χ0n) is 15.5. The molecule has 2 aromatic carbocycles. The predicted molar refractivity (Wildman–Crippen MR) is 104 cm³/mol. The van der Waals surface area contributed by atoms with Crippen LogP contribution in [0.5, 0.6) is 5.75 Å². The maximum absolute atomic E-state index is 14.5. The van der Waals surface area contributed by atoms with Crippen molar-refractivity contribution < 1.29 is 22.3 Å². The highest BCUT2D eigenvalue weighted by Crippen LogP contribution is 2.56. The Morgan fingerprint density at radius 2 is 2.03 bits per heavy atom. The second-order valence-corrected chi connectivity index (χ2v) is 8.21. The van der Waals surface area contributed by atoms with E-state index in [9.17, 15) is 17.6 Å². The minimum absolute atomic E-state index is 0.0764. The number of hydrogen-bond donors (Lipinski definition) is 1. The van der Waals surface area contributed by atoms with Crippen molar-refractivity contribution in [3.8, 4) is 5.75 Å². The van der Waals surface area contributed by atoms with E-state index in [1.165, 1.54) is 11.8 Å². The highest BCUT2D eigenvalue weighted by Gasteiger charge is 2.53. The Morgan fingerprint density at radius 1 is 1.28 bits per heavy atom. The number of thioether (sulfide) groups is 1. The molecule has 2 unspecified atom stereocenters. The molecule has 0 amide bonds. The van der Waals surface area contributed by atoms with Gasteiger partial charge in [-0.1, -0.05) is 30.0 Å². The van der Waals surface area contributed by atoms with Crippen LogP contribution >= 0.6 is 11.8 Å². The normalized spacial score (nSPS) is 23.7. The molecule has 0 fully saturated rings. The average Bonchev–Trinajstić information content (AvgIpc) is 3.01. The van der Waals surface area contributed by atoms with Crippen molar-refractivity contribution in [1.82, 2.24) is 5.01 Å². The second-order valence-electron chi connectivity index (χ2n) is 7.00. The molecular weight excluding hydrogens is 406 g/mol. The van der Waals surface area contributed by atoms with Gasteiger partial charge in [0, 0.05) is 24.1 Å². The smallest absolute Gasteiger partial charge is 0.416 e. The maximum Gasteiger partial charge on any atom is 0.416 e. The fourth-order valence-electron chi connectivity index (χ4n) is 3.89. The van der Waals surface area contributed by atoms with Crippen LogP contribution in [0.1, 0.15) is 23.1 Å². The lowest BCUT2D eigenvalue weighted by molar-refractivity contribution is -0.137. The molecule has 4 nitrogen and oxygen atoms in total. The zero-order chi connectivity index (χ0) is 20.8. The van der Waals surface area contributed by atoms with Gasteiger partial charge in [-0.05, 0) is 37.2 Å². The molecule has 2 atom stereocenters. The van der Waals surface area contributed by atoms with Crippen LogP contribution in [-0.4, -0.2) is 30.3 Å². The van der Waals surface area contributed by atoms with Crippen molar-refractivity contribution in [3.63, 3.8) is 0 Å². The van der Waals surface area contributed by atoms with Gasteiger partial charge in [-0.15, -0.1) is 0 Å². The lowest BCUT2D eigenvalue weighted by Gasteiger charge is -2.45. The number of nitrogens with zero attached hydrogens (tertiary/aromatic N) is 2. The van der Waals surface area contributed by atoms with E-state index in [1.54, 1.807) is 12.1 Å². The molecule has 2 heterocycles. The van der Waals surface area contributed by atoms with Gasteiger partial charge in [0.25, 0.3) is 0 Å². The first kappa shape index (κ1) is 20.0. The van der Waals surface area contributed by atoms with E-state index in [-0.39, 0.29) is 16.5 Å². The first-order valence-corrected chi connectivity index (χ1v) is 9.90. The fourth-order valence-corrected chi connectivity index (χ4v) is 5.42. The van der Waals surface area contributed by atoms with Gasteiger partial charge in [0.2, 0.25) is 0 Å². The number of benzene rings is 2. The van der Waals surface area contributed by atoms with Crippen LogP contribution in [0.3, 0.4) is 0 Å². The summed E-state index contributed by atoms with van der Waals surface area (Å²) in [7, 11) is 1.75. The van der Waals surface area contributed by atoms with Crippen LogP contribution in [0.25, 0.3) is 0 Å². The average molecular weight is 425 g/mol. The molecule has 0 bridgehead atoms. The van der Waals surface area contributed by atoms with Crippen molar-refractivity contribution in [2.24, 2.45) is 16.8 Å². The summed E-state index contributed by atoms with van der Waals surface area (Å²) >= 11 is 1.25. The quantitative estimate of drug-likeness (QED) is 0.741. The summed E-state index contributed by atoms with van der Waals surface area (Å²) < 4.78 is 59.9. The molecule has 2 aliphatic heterocycles. The molecule has 0 saturated carbocycles. The Bertz CT molecular complexity index is 965. The molecule has 1 spiro atoms. The summed E-state index contributed by atoms with van der Waals surface area (Å²) in [5.74, 6) is -0.140. The minimum atomic E-state index is -4.57. The summed E-state index contributed by atoms with van der Waals surface area (Å²) in [4.78, 5) is -0.732. The van der Waals surface area contributed by atoms with Crippen molar-refractivity contribution in [3.05, 3.63) is 65.0 Å². The van der Waals surface area contributed by atoms with Crippen LogP contribution in [0.4, 0.5) is 17.6 Å². The highest BCUT2D eigenvalue weighted by atomic mass is 32.2. The fraction of sp³-hybridized carbons (Fsp3) is 0.350. The number of hydrogen-bond acceptors (Lipinski definition) is 5. The molecule has 0 saturated heterocycles. The zero-order valence-corrected chi connectivity index (χ0v) is 16.4. The van der Waals surface area contributed by atoms with Crippen LogP contribution < -0.4 is 10.5 Å². The van der Waals surface area contributed by atoms with E-state index in [0.29, 0.717) is 25.3 Å². The molecule has 29 heavy (non-hydrogen) atoms. The van der Waals surface area contributed by atoms with E-state index < -0.39 is 22.4 Å². The molecule has 0 aliphatic carbocycles. The van der Waals surface area contributed by atoms with Gasteiger partial charge in [-0.25, -0.2) is 4.39 Å². The Kier molecular flexibility index (Phi) is 4.98. The van der Waals surface area contributed by atoms with Crippen LogP contribution in [0.15, 0.2) is 47.6 Å². The van der Waals surface area contributed by atoms with E-state index in [1.807, 2.05) is 24.3 Å². The lowest BCUT2D eigenvalue weighted by atomic mass is 9.87. The number of alkyl halides is 3. The summed E-state index contributed by atoms with van der Waals surface area (Å²) in [6.07, 6.45) is -3.94. The summed E-state index contributed by atoms with van der Waals surface area (Å²) in [6, 6.07) is 9.85. The Hall–Kier alpha value is -2.26. The third-order valence-electron chi connectivity index (χ3n) is 5.28. The molecule has 0 radical (unpaired) electrons. The molecular formula is C20H19F4N3OS. The number of rotatable bonds is 3. The molecule has 2 aliphatic rings. The second kappa shape index (κ2) is 7.21. The van der Waals surface area contributed by atoms with Gasteiger partial charge in [-0.2, -0.15) is 18.3 Å². The van der Waals surface area contributed by atoms with Crippen molar-refractivity contribution in [2.45, 2.75) is 17.5 Å². The first-order chi connectivity index (χ1) is 13.8. The number of hydrazone groups is 1. The van der Waals surface area contributed by atoms with Crippen molar-refractivity contribution in [2.75, 3.05) is 20.2 Å². The van der Waals surface area contributed by atoms with Gasteiger partial charge in [0.15, 0.2) is 0 Å². The maximum atomic E-state index is 14.5. The molecule has 9 heteroatoms. The number of fused-ring (bicyclic) bond motifs is 2. The third kappa shape index (κ3) is 3.26. The standard InChI is InChI=1S/C20H19F4N3OS/c1-27-19(13(8-9-25)11-28-17-5-3-2-4-15(17)19)29-18(26-27)14-10-12(20(22,23)24)6-7-16(14)21/h2-7,10,13H,8-9,11,25H2,1H3. The molecule has 2 aromatic rings. The van der Waals surface area contributed by atoms with E-state index in [0.717, 1.165) is 23.8 Å². The number of para-hydroxylation sites is 1. The molecule has 2 N–H and O–H groups in total. The summed E-state index contributed by atoms with van der Waals surface area (Å²) in [6.45, 7) is 0.805. The Morgan fingerprint density at radius 3 is 2.76 bits per heavy atom. The third-order valence-corrected chi connectivity index (χ3v) is 6.90. The van der Waals surface area contributed by atoms with Crippen LogP contribution in [0.2, 0.25) is 0 Å². The predicted octanol–water partition coefficient (Wildman–Crippen LogP) is 4.40. The first-order valence-electron chi connectivity index (χ1n) is 9.08. The van der Waals surface area contributed by atoms with Gasteiger partial charge in [0.05, 0.1) is 12.2 Å². The Balaban J connectivity index is 1.80. The topological polar surface area (TPSA) is 50.8 Å². The number of nitrogens with two attached hydrogens (primary N) is 1. The van der Waals surface area contributed by atoms with Gasteiger partial charge in [0.1, 0.15) is 21.5 Å².